The third kappa shape index (κ3) is 10.0. The first kappa shape index (κ1) is 27.9. The van der Waals surface area contributed by atoms with E-state index >= 15 is 0 Å². The van der Waals surface area contributed by atoms with Gasteiger partial charge in [0.1, 0.15) is 6.04 Å². The molecular weight excluding hydrogens is 455 g/mol. The SMILES string of the molecule is CN(C(=O)c1ccccc1)[C@@H](CCCN=C(N)N)C(=O)Nc1ccccc1.O=C(O)C(F)(F)F. The van der Waals surface area contributed by atoms with E-state index in [1.807, 2.05) is 24.3 Å². The van der Waals surface area contributed by atoms with Crippen molar-refractivity contribution in [2.24, 2.45) is 16.5 Å². The second-order valence-corrected chi connectivity index (χ2v) is 6.90. The number of likely N-dealkylation sites (N-methyl/N-ethyl adjacent to an activating group) is 1. The lowest BCUT2D eigenvalue weighted by Crippen LogP contribution is -2.45. The maximum atomic E-state index is 12.8. The van der Waals surface area contributed by atoms with Crippen molar-refractivity contribution in [3.05, 3.63) is 66.2 Å². The average molecular weight is 481 g/mol. The first-order chi connectivity index (χ1) is 15.9. The molecule has 184 valence electrons. The number of carboxylic acids is 1. The maximum Gasteiger partial charge on any atom is 0.490 e. The predicted molar refractivity (Wildman–Crippen MR) is 121 cm³/mol. The molecule has 0 aromatic heterocycles. The van der Waals surface area contributed by atoms with Crippen LogP contribution in [0.3, 0.4) is 0 Å². The van der Waals surface area contributed by atoms with E-state index in [0.717, 1.165) is 0 Å². The number of nitrogens with two attached hydrogens (primary N) is 2. The molecule has 0 aliphatic rings. The smallest absolute Gasteiger partial charge is 0.475 e. The number of halogens is 3. The summed E-state index contributed by atoms with van der Waals surface area (Å²) in [4.78, 5) is 39.9. The fourth-order valence-electron chi connectivity index (χ4n) is 2.67. The molecule has 0 heterocycles. The number of aliphatic carboxylic acids is 1. The molecule has 2 amide bonds. The molecule has 2 aromatic carbocycles. The van der Waals surface area contributed by atoms with Crippen molar-refractivity contribution < 1.29 is 32.7 Å². The highest BCUT2D eigenvalue weighted by Crippen LogP contribution is 2.15. The normalized spacial score (nSPS) is 11.3. The molecule has 2 aromatic rings. The van der Waals surface area contributed by atoms with Crippen LogP contribution in [-0.4, -0.2) is 59.6 Å². The summed E-state index contributed by atoms with van der Waals surface area (Å²) in [6, 6.07) is 17.4. The van der Waals surface area contributed by atoms with E-state index in [1.165, 1.54) is 4.90 Å². The lowest BCUT2D eigenvalue weighted by Gasteiger charge is -2.27. The van der Waals surface area contributed by atoms with Gasteiger partial charge < -0.3 is 26.8 Å². The van der Waals surface area contributed by atoms with Crippen LogP contribution >= 0.6 is 0 Å². The van der Waals surface area contributed by atoms with E-state index in [4.69, 9.17) is 21.4 Å². The molecule has 0 saturated carbocycles. The minimum absolute atomic E-state index is 0.00834. The molecule has 12 heteroatoms. The number of rotatable bonds is 8. The number of carbonyl (C=O) groups is 3. The van der Waals surface area contributed by atoms with E-state index in [2.05, 4.69) is 10.3 Å². The summed E-state index contributed by atoms with van der Waals surface area (Å²) in [5.41, 5.74) is 11.9. The zero-order valence-corrected chi connectivity index (χ0v) is 18.3. The van der Waals surface area contributed by atoms with Gasteiger partial charge in [0.25, 0.3) is 5.91 Å². The van der Waals surface area contributed by atoms with Crippen LogP contribution in [0.2, 0.25) is 0 Å². The zero-order chi connectivity index (χ0) is 25.7. The lowest BCUT2D eigenvalue weighted by molar-refractivity contribution is -0.192. The fraction of sp³-hybridized carbons (Fsp3) is 0.273. The summed E-state index contributed by atoms with van der Waals surface area (Å²) in [6.45, 7) is 0.394. The number of amides is 2. The van der Waals surface area contributed by atoms with Gasteiger partial charge in [0.05, 0.1) is 0 Å². The number of hydrogen-bond acceptors (Lipinski definition) is 4. The van der Waals surface area contributed by atoms with Crippen LogP contribution in [0.15, 0.2) is 65.7 Å². The van der Waals surface area contributed by atoms with E-state index in [1.54, 1.807) is 43.4 Å². The highest BCUT2D eigenvalue weighted by Gasteiger charge is 2.38. The molecule has 6 N–H and O–H groups in total. The molecule has 0 aliphatic carbocycles. The Balaban J connectivity index is 0.000000718. The van der Waals surface area contributed by atoms with E-state index < -0.39 is 18.2 Å². The number of para-hydroxylation sites is 1. The number of carbonyl (C=O) groups excluding carboxylic acids is 2. The van der Waals surface area contributed by atoms with Crippen LogP contribution in [0.1, 0.15) is 23.2 Å². The third-order valence-corrected chi connectivity index (χ3v) is 4.33. The highest BCUT2D eigenvalue weighted by atomic mass is 19.4. The van der Waals surface area contributed by atoms with Crippen molar-refractivity contribution in [3.8, 4) is 0 Å². The Morgan fingerprint density at radius 2 is 1.53 bits per heavy atom. The largest absolute Gasteiger partial charge is 0.490 e. The molecule has 0 spiro atoms. The number of hydrogen-bond donors (Lipinski definition) is 4. The third-order valence-electron chi connectivity index (χ3n) is 4.33. The van der Waals surface area contributed by atoms with Crippen LogP contribution in [0, 0.1) is 0 Å². The monoisotopic (exact) mass is 481 g/mol. The first-order valence-corrected chi connectivity index (χ1v) is 9.97. The number of nitrogens with zero attached hydrogens (tertiary/aromatic N) is 2. The van der Waals surface area contributed by atoms with Crippen molar-refractivity contribution in [1.82, 2.24) is 4.90 Å². The summed E-state index contributed by atoms with van der Waals surface area (Å²) in [7, 11) is 1.63. The van der Waals surface area contributed by atoms with Crippen molar-refractivity contribution in [1.29, 1.82) is 0 Å². The van der Waals surface area contributed by atoms with Crippen molar-refractivity contribution in [2.75, 3.05) is 18.9 Å². The van der Waals surface area contributed by atoms with E-state index in [9.17, 15) is 22.8 Å². The van der Waals surface area contributed by atoms with Gasteiger partial charge in [-0.05, 0) is 37.1 Å². The molecule has 34 heavy (non-hydrogen) atoms. The Bertz CT molecular complexity index is 966. The second kappa shape index (κ2) is 13.5. The molecule has 0 aliphatic heterocycles. The topological polar surface area (TPSA) is 151 Å². The van der Waals surface area contributed by atoms with Gasteiger partial charge >= 0.3 is 12.1 Å². The van der Waals surface area contributed by atoms with Crippen molar-refractivity contribution in [2.45, 2.75) is 25.1 Å². The maximum absolute atomic E-state index is 12.8. The predicted octanol–water partition coefficient (Wildman–Crippen LogP) is 2.45. The Hall–Kier alpha value is -4.09. The Morgan fingerprint density at radius 3 is 2.00 bits per heavy atom. The number of benzene rings is 2. The quantitative estimate of drug-likeness (QED) is 0.258. The van der Waals surface area contributed by atoms with Crippen LogP contribution < -0.4 is 16.8 Å². The van der Waals surface area contributed by atoms with Crippen LogP contribution in [-0.2, 0) is 9.59 Å². The molecule has 0 unspecified atom stereocenters. The highest BCUT2D eigenvalue weighted by molar-refractivity contribution is 6.01. The molecule has 2 rings (SSSR count). The minimum atomic E-state index is -5.08. The van der Waals surface area contributed by atoms with E-state index in [-0.39, 0.29) is 17.8 Å². The van der Waals surface area contributed by atoms with Crippen LogP contribution in [0.25, 0.3) is 0 Å². The molecule has 0 bridgehead atoms. The zero-order valence-electron chi connectivity index (χ0n) is 18.3. The summed E-state index contributed by atoms with van der Waals surface area (Å²) in [5, 5.41) is 9.99. The number of alkyl halides is 3. The minimum Gasteiger partial charge on any atom is -0.475 e. The summed E-state index contributed by atoms with van der Waals surface area (Å²) < 4.78 is 31.7. The van der Waals surface area contributed by atoms with Gasteiger partial charge in [-0.15, -0.1) is 0 Å². The van der Waals surface area contributed by atoms with Gasteiger partial charge in [0.15, 0.2) is 5.96 Å². The average Bonchev–Trinajstić information content (AvgIpc) is 2.79. The molecule has 9 nitrogen and oxygen atoms in total. The molecular formula is C22H26F3N5O4. The van der Waals surface area contributed by atoms with Gasteiger partial charge in [0.2, 0.25) is 5.91 Å². The van der Waals surface area contributed by atoms with Gasteiger partial charge in [-0.3, -0.25) is 14.6 Å². The summed E-state index contributed by atoms with van der Waals surface area (Å²) in [5.74, 6) is -3.22. The standard InChI is InChI=1S/C20H25N5O2.C2HF3O2/c1-25(19(27)15-9-4-2-5-10-15)17(13-8-14-23-20(21)22)18(26)24-16-11-6-3-7-12-16;3-2(4,5)1(6)7/h2-7,9-12,17H,8,13-14H2,1H3,(H,24,26)(H4,21,22,23);(H,6,7)/t17-;/m0./s1. The molecule has 0 fully saturated rings. The fourth-order valence-corrected chi connectivity index (χ4v) is 2.67. The van der Waals surface area contributed by atoms with Gasteiger partial charge in [-0.2, -0.15) is 13.2 Å². The number of aliphatic imine (C=N–C) groups is 1. The Kier molecular flexibility index (Phi) is 11.1. The van der Waals surface area contributed by atoms with Crippen molar-refractivity contribution >= 4 is 29.4 Å². The molecule has 0 saturated heterocycles. The van der Waals surface area contributed by atoms with Crippen LogP contribution in [0.4, 0.5) is 18.9 Å². The Morgan fingerprint density at radius 1 is 1.03 bits per heavy atom. The van der Waals surface area contributed by atoms with Gasteiger partial charge in [-0.1, -0.05) is 36.4 Å². The van der Waals surface area contributed by atoms with Gasteiger partial charge in [-0.25, -0.2) is 4.79 Å². The number of nitrogens with one attached hydrogen (secondary N) is 1. The van der Waals surface area contributed by atoms with E-state index in [0.29, 0.717) is 30.6 Å². The van der Waals surface area contributed by atoms with Crippen molar-refractivity contribution in [3.63, 3.8) is 0 Å². The van der Waals surface area contributed by atoms with Crippen LogP contribution in [0.5, 0.6) is 0 Å². The summed E-state index contributed by atoms with van der Waals surface area (Å²) >= 11 is 0. The molecule has 1 atom stereocenters. The number of anilines is 1. The number of carboxylic acid groups (broad SMARTS) is 1. The van der Waals surface area contributed by atoms with Gasteiger partial charge in [0, 0.05) is 24.8 Å². The Labute approximate surface area is 194 Å². The first-order valence-electron chi connectivity index (χ1n) is 9.97. The molecule has 0 radical (unpaired) electrons. The lowest BCUT2D eigenvalue weighted by atomic mass is 10.1. The second-order valence-electron chi connectivity index (χ2n) is 6.90. The number of guanidine groups is 1. The summed E-state index contributed by atoms with van der Waals surface area (Å²) in [6.07, 6.45) is -4.08.